The summed E-state index contributed by atoms with van der Waals surface area (Å²) < 4.78 is 16.2. The Balaban J connectivity index is 2.20. The van der Waals surface area contributed by atoms with Gasteiger partial charge in [-0.3, -0.25) is 9.59 Å². The minimum Gasteiger partial charge on any atom is -0.487 e. The second-order valence-corrected chi connectivity index (χ2v) is 6.58. The SMILES string of the molecule is CCCCCCOC(=O)CCCCC(=O)Oc1ccccc1OC(C)C. The fourth-order valence-corrected chi connectivity index (χ4v) is 2.39. The third-order valence-electron chi connectivity index (χ3n) is 3.71. The van der Waals surface area contributed by atoms with E-state index in [1.54, 1.807) is 18.2 Å². The Morgan fingerprint density at radius 1 is 0.885 bits per heavy atom. The number of rotatable bonds is 13. The molecule has 0 amide bonds. The standard InChI is InChI=1S/C21H32O5/c1-4-5-6-11-16-24-20(22)14-9-10-15-21(23)26-19-13-8-7-12-18(19)25-17(2)3/h7-8,12-13,17H,4-6,9-11,14-16H2,1-3H3. The third-order valence-corrected chi connectivity index (χ3v) is 3.71. The van der Waals surface area contributed by atoms with Crippen LogP contribution in [0.4, 0.5) is 0 Å². The molecule has 0 bridgehead atoms. The maximum atomic E-state index is 12.0. The summed E-state index contributed by atoms with van der Waals surface area (Å²) in [6.45, 7) is 6.48. The molecule has 0 unspecified atom stereocenters. The summed E-state index contributed by atoms with van der Waals surface area (Å²) in [5.41, 5.74) is 0. The largest absolute Gasteiger partial charge is 0.487 e. The van der Waals surface area contributed by atoms with Crippen molar-refractivity contribution in [1.82, 2.24) is 0 Å². The van der Waals surface area contributed by atoms with Crippen molar-refractivity contribution < 1.29 is 23.8 Å². The third kappa shape index (κ3) is 10.1. The van der Waals surface area contributed by atoms with Crippen molar-refractivity contribution in [2.75, 3.05) is 6.61 Å². The van der Waals surface area contributed by atoms with Gasteiger partial charge in [-0.05, 0) is 45.2 Å². The highest BCUT2D eigenvalue weighted by atomic mass is 16.6. The summed E-state index contributed by atoms with van der Waals surface area (Å²) in [5.74, 6) is 0.475. The predicted molar refractivity (Wildman–Crippen MR) is 101 cm³/mol. The first-order valence-electron chi connectivity index (χ1n) is 9.65. The summed E-state index contributed by atoms with van der Waals surface area (Å²) in [5, 5.41) is 0. The van der Waals surface area contributed by atoms with Gasteiger partial charge >= 0.3 is 11.9 Å². The Labute approximate surface area is 157 Å². The number of para-hydroxylation sites is 2. The molecule has 1 aromatic carbocycles. The summed E-state index contributed by atoms with van der Waals surface area (Å²) in [7, 11) is 0. The van der Waals surface area contributed by atoms with Gasteiger partial charge in [0.15, 0.2) is 11.5 Å². The van der Waals surface area contributed by atoms with E-state index in [-0.39, 0.29) is 24.5 Å². The Kier molecular flexibility index (Phi) is 11.2. The van der Waals surface area contributed by atoms with Crippen molar-refractivity contribution in [3.05, 3.63) is 24.3 Å². The molecular weight excluding hydrogens is 332 g/mol. The maximum absolute atomic E-state index is 12.0. The van der Waals surface area contributed by atoms with E-state index in [4.69, 9.17) is 14.2 Å². The van der Waals surface area contributed by atoms with Crippen LogP contribution in [-0.4, -0.2) is 24.6 Å². The summed E-state index contributed by atoms with van der Waals surface area (Å²) in [6.07, 6.45) is 6.17. The van der Waals surface area contributed by atoms with Crippen molar-refractivity contribution in [3.63, 3.8) is 0 Å². The molecule has 0 aliphatic heterocycles. The van der Waals surface area contributed by atoms with E-state index in [0.29, 0.717) is 37.4 Å². The molecule has 26 heavy (non-hydrogen) atoms. The normalized spacial score (nSPS) is 10.6. The summed E-state index contributed by atoms with van der Waals surface area (Å²) in [6, 6.07) is 7.12. The minimum absolute atomic E-state index is 0.00263. The molecule has 0 radical (unpaired) electrons. The van der Waals surface area contributed by atoms with E-state index < -0.39 is 0 Å². The van der Waals surface area contributed by atoms with E-state index in [9.17, 15) is 9.59 Å². The number of ether oxygens (including phenoxy) is 3. The monoisotopic (exact) mass is 364 g/mol. The number of carbonyl (C=O) groups is 2. The fourth-order valence-electron chi connectivity index (χ4n) is 2.39. The maximum Gasteiger partial charge on any atom is 0.311 e. The van der Waals surface area contributed by atoms with E-state index >= 15 is 0 Å². The van der Waals surface area contributed by atoms with Crippen molar-refractivity contribution in [1.29, 1.82) is 0 Å². The number of benzene rings is 1. The number of carbonyl (C=O) groups excluding carboxylic acids is 2. The summed E-state index contributed by atoms with van der Waals surface area (Å²) >= 11 is 0. The zero-order chi connectivity index (χ0) is 19.2. The Hall–Kier alpha value is -2.04. The Morgan fingerprint density at radius 3 is 2.19 bits per heavy atom. The molecule has 5 nitrogen and oxygen atoms in total. The molecule has 0 saturated heterocycles. The van der Waals surface area contributed by atoms with Crippen molar-refractivity contribution in [3.8, 4) is 11.5 Å². The van der Waals surface area contributed by atoms with Gasteiger partial charge in [-0.15, -0.1) is 0 Å². The number of esters is 2. The lowest BCUT2D eigenvalue weighted by molar-refractivity contribution is -0.144. The van der Waals surface area contributed by atoms with E-state index in [1.165, 1.54) is 6.42 Å². The molecule has 5 heteroatoms. The van der Waals surface area contributed by atoms with E-state index in [0.717, 1.165) is 19.3 Å². The van der Waals surface area contributed by atoms with Crippen LogP contribution in [-0.2, 0) is 14.3 Å². The van der Waals surface area contributed by atoms with Gasteiger partial charge in [-0.1, -0.05) is 38.3 Å². The molecule has 0 heterocycles. The van der Waals surface area contributed by atoms with Gasteiger partial charge in [0.1, 0.15) is 0 Å². The highest BCUT2D eigenvalue weighted by Crippen LogP contribution is 2.27. The van der Waals surface area contributed by atoms with Crippen LogP contribution < -0.4 is 9.47 Å². The number of hydrogen-bond acceptors (Lipinski definition) is 5. The van der Waals surface area contributed by atoms with Gasteiger partial charge in [0.05, 0.1) is 12.7 Å². The number of unbranched alkanes of at least 4 members (excludes halogenated alkanes) is 4. The van der Waals surface area contributed by atoms with Crippen molar-refractivity contribution >= 4 is 11.9 Å². The molecule has 1 rings (SSSR count). The van der Waals surface area contributed by atoms with Crippen LogP contribution in [0.5, 0.6) is 11.5 Å². The van der Waals surface area contributed by atoms with Crippen LogP contribution >= 0.6 is 0 Å². The second kappa shape index (κ2) is 13.2. The molecular formula is C21H32O5. The average Bonchev–Trinajstić information content (AvgIpc) is 2.60. The van der Waals surface area contributed by atoms with Gasteiger partial charge in [-0.25, -0.2) is 0 Å². The molecule has 0 spiro atoms. The quantitative estimate of drug-likeness (QED) is 0.278. The molecule has 0 aromatic heterocycles. The van der Waals surface area contributed by atoms with Gasteiger partial charge < -0.3 is 14.2 Å². The van der Waals surface area contributed by atoms with Crippen LogP contribution in [0.15, 0.2) is 24.3 Å². The zero-order valence-corrected chi connectivity index (χ0v) is 16.3. The molecule has 0 N–H and O–H groups in total. The lowest BCUT2D eigenvalue weighted by Crippen LogP contribution is -2.11. The lowest BCUT2D eigenvalue weighted by atomic mass is 10.2. The Morgan fingerprint density at radius 2 is 1.54 bits per heavy atom. The minimum atomic E-state index is -0.322. The molecule has 146 valence electrons. The van der Waals surface area contributed by atoms with E-state index in [2.05, 4.69) is 6.92 Å². The molecule has 0 aliphatic carbocycles. The highest BCUT2D eigenvalue weighted by molar-refractivity contribution is 5.73. The second-order valence-electron chi connectivity index (χ2n) is 6.58. The summed E-state index contributed by atoms with van der Waals surface area (Å²) in [4.78, 5) is 23.6. The van der Waals surface area contributed by atoms with Gasteiger partial charge in [0.25, 0.3) is 0 Å². The molecule has 0 fully saturated rings. The zero-order valence-electron chi connectivity index (χ0n) is 16.3. The fraction of sp³-hybridized carbons (Fsp3) is 0.619. The van der Waals surface area contributed by atoms with Crippen LogP contribution in [0.25, 0.3) is 0 Å². The predicted octanol–water partition coefficient (Wildman–Crippen LogP) is 5.06. The molecule has 0 atom stereocenters. The van der Waals surface area contributed by atoms with Gasteiger partial charge in [0, 0.05) is 12.8 Å². The first-order valence-corrected chi connectivity index (χ1v) is 9.65. The van der Waals surface area contributed by atoms with Gasteiger partial charge in [-0.2, -0.15) is 0 Å². The van der Waals surface area contributed by atoms with Crippen molar-refractivity contribution in [2.45, 2.75) is 78.2 Å². The van der Waals surface area contributed by atoms with Crippen LogP contribution in [0.1, 0.15) is 72.1 Å². The van der Waals surface area contributed by atoms with Crippen molar-refractivity contribution in [2.24, 2.45) is 0 Å². The smallest absolute Gasteiger partial charge is 0.311 e. The molecule has 1 aromatic rings. The Bertz CT molecular complexity index is 539. The van der Waals surface area contributed by atoms with Gasteiger partial charge in [0.2, 0.25) is 0 Å². The lowest BCUT2D eigenvalue weighted by Gasteiger charge is -2.13. The average molecular weight is 364 g/mol. The molecule has 0 aliphatic rings. The topological polar surface area (TPSA) is 61.8 Å². The first kappa shape index (κ1) is 22.0. The highest BCUT2D eigenvalue weighted by Gasteiger charge is 2.11. The van der Waals surface area contributed by atoms with Crippen LogP contribution in [0.2, 0.25) is 0 Å². The van der Waals surface area contributed by atoms with Crippen LogP contribution in [0, 0.1) is 0 Å². The first-order chi connectivity index (χ1) is 12.5. The molecule has 0 saturated carbocycles. The van der Waals surface area contributed by atoms with Crippen LogP contribution in [0.3, 0.4) is 0 Å². The number of hydrogen-bond donors (Lipinski definition) is 0. The van der Waals surface area contributed by atoms with E-state index in [1.807, 2.05) is 19.9 Å².